The summed E-state index contributed by atoms with van der Waals surface area (Å²) in [5.41, 5.74) is 0.844. The van der Waals surface area contributed by atoms with Crippen LogP contribution in [0.25, 0.3) is 0 Å². The molecule has 0 fully saturated rings. The summed E-state index contributed by atoms with van der Waals surface area (Å²) < 4.78 is 10.1. The number of non-ortho nitro benzene ring substituents is 1. The van der Waals surface area contributed by atoms with E-state index in [0.29, 0.717) is 13.2 Å². The quantitative estimate of drug-likeness (QED) is 0.313. The van der Waals surface area contributed by atoms with E-state index < -0.39 is 4.92 Å². The number of hydrogen-bond acceptors (Lipinski definition) is 4. The molecule has 1 aromatic carbocycles. The number of benzene rings is 1. The van der Waals surface area contributed by atoms with Crippen molar-refractivity contribution in [2.45, 2.75) is 13.5 Å². The van der Waals surface area contributed by atoms with E-state index in [9.17, 15) is 10.1 Å². The standard InChI is InChI=1S/C10H13NO4/c1-2-14-8-15-7-9-4-3-5-10(6-9)11(12)13/h3-6H,2,7-8H2,1H3. The van der Waals surface area contributed by atoms with Crippen molar-refractivity contribution in [3.8, 4) is 0 Å². The molecule has 0 N–H and O–H groups in total. The molecule has 1 aromatic rings. The summed E-state index contributed by atoms with van der Waals surface area (Å²) in [6.45, 7) is 2.99. The van der Waals surface area contributed by atoms with Gasteiger partial charge in [-0.1, -0.05) is 12.1 Å². The fourth-order valence-corrected chi connectivity index (χ4v) is 1.06. The molecule has 0 bridgehead atoms. The third-order valence-corrected chi connectivity index (χ3v) is 1.76. The average Bonchev–Trinajstić information content (AvgIpc) is 2.25. The van der Waals surface area contributed by atoms with Crippen LogP contribution in [0, 0.1) is 10.1 Å². The van der Waals surface area contributed by atoms with Gasteiger partial charge in [0.1, 0.15) is 6.79 Å². The van der Waals surface area contributed by atoms with Crippen molar-refractivity contribution in [3.05, 3.63) is 39.9 Å². The minimum atomic E-state index is -0.425. The molecule has 0 radical (unpaired) electrons. The molecule has 5 nitrogen and oxygen atoms in total. The predicted molar refractivity (Wildman–Crippen MR) is 54.4 cm³/mol. The zero-order chi connectivity index (χ0) is 11.1. The van der Waals surface area contributed by atoms with E-state index in [-0.39, 0.29) is 12.5 Å². The molecule has 5 heteroatoms. The maximum atomic E-state index is 10.5. The van der Waals surface area contributed by atoms with Gasteiger partial charge in [0, 0.05) is 18.7 Å². The Bertz CT molecular complexity index is 327. The maximum absolute atomic E-state index is 10.5. The van der Waals surface area contributed by atoms with Gasteiger partial charge < -0.3 is 9.47 Å². The van der Waals surface area contributed by atoms with Gasteiger partial charge in [0.15, 0.2) is 0 Å². The summed E-state index contributed by atoms with van der Waals surface area (Å²) >= 11 is 0. The second-order valence-corrected chi connectivity index (χ2v) is 2.89. The van der Waals surface area contributed by atoms with Crippen molar-refractivity contribution in [3.63, 3.8) is 0 Å². The van der Waals surface area contributed by atoms with E-state index >= 15 is 0 Å². The third-order valence-electron chi connectivity index (χ3n) is 1.76. The van der Waals surface area contributed by atoms with Gasteiger partial charge in [0.05, 0.1) is 11.5 Å². The molecule has 0 aliphatic heterocycles. The molecule has 0 aliphatic carbocycles. The minimum Gasteiger partial charge on any atom is -0.356 e. The predicted octanol–water partition coefficient (Wildman–Crippen LogP) is 2.11. The summed E-state index contributed by atoms with van der Waals surface area (Å²) in [6, 6.07) is 6.36. The molecular weight excluding hydrogens is 198 g/mol. The Labute approximate surface area is 87.8 Å². The number of hydrogen-bond donors (Lipinski definition) is 0. The lowest BCUT2D eigenvalue weighted by Crippen LogP contribution is -2.00. The number of nitro benzene ring substituents is 1. The SMILES string of the molecule is CCOCOCc1cccc([N+](=O)[O-])c1. The van der Waals surface area contributed by atoms with E-state index in [1.165, 1.54) is 12.1 Å². The number of ether oxygens (including phenoxy) is 2. The molecule has 0 amide bonds. The van der Waals surface area contributed by atoms with E-state index in [4.69, 9.17) is 9.47 Å². The lowest BCUT2D eigenvalue weighted by Gasteiger charge is -2.03. The summed E-state index contributed by atoms with van der Waals surface area (Å²) in [6.07, 6.45) is 0. The lowest BCUT2D eigenvalue weighted by molar-refractivity contribution is -0.385. The molecule has 1 rings (SSSR count). The second-order valence-electron chi connectivity index (χ2n) is 2.89. The first-order valence-corrected chi connectivity index (χ1v) is 4.63. The van der Waals surface area contributed by atoms with E-state index in [1.54, 1.807) is 12.1 Å². The summed E-state index contributed by atoms with van der Waals surface area (Å²) in [4.78, 5) is 10.0. The van der Waals surface area contributed by atoms with Gasteiger partial charge in [-0.15, -0.1) is 0 Å². The molecule has 0 saturated heterocycles. The Morgan fingerprint density at radius 2 is 2.20 bits per heavy atom. The van der Waals surface area contributed by atoms with Crippen LogP contribution in [0.3, 0.4) is 0 Å². The molecule has 0 spiro atoms. The topological polar surface area (TPSA) is 61.6 Å². The normalized spacial score (nSPS) is 10.2. The fourth-order valence-electron chi connectivity index (χ4n) is 1.06. The first kappa shape index (κ1) is 11.6. The van der Waals surface area contributed by atoms with Crippen molar-refractivity contribution < 1.29 is 14.4 Å². The van der Waals surface area contributed by atoms with Crippen LogP contribution in [-0.2, 0) is 16.1 Å². The molecule has 0 unspecified atom stereocenters. The summed E-state index contributed by atoms with van der Waals surface area (Å²) in [5, 5.41) is 10.5. The molecule has 0 saturated carbocycles. The van der Waals surface area contributed by atoms with Crippen LogP contribution in [0.15, 0.2) is 24.3 Å². The van der Waals surface area contributed by atoms with Gasteiger partial charge >= 0.3 is 0 Å². The highest BCUT2D eigenvalue weighted by Crippen LogP contribution is 2.13. The Morgan fingerprint density at radius 1 is 1.40 bits per heavy atom. The highest BCUT2D eigenvalue weighted by molar-refractivity contribution is 5.33. The van der Waals surface area contributed by atoms with Crippen LogP contribution in [0.5, 0.6) is 0 Å². The summed E-state index contributed by atoms with van der Waals surface area (Å²) in [5.74, 6) is 0. The minimum absolute atomic E-state index is 0.0764. The van der Waals surface area contributed by atoms with Gasteiger partial charge in [-0.05, 0) is 12.5 Å². The van der Waals surface area contributed by atoms with Crippen molar-refractivity contribution in [1.82, 2.24) is 0 Å². The van der Waals surface area contributed by atoms with Crippen LogP contribution < -0.4 is 0 Å². The molecule has 0 heterocycles. The first-order chi connectivity index (χ1) is 7.24. The molecular formula is C10H13NO4. The van der Waals surface area contributed by atoms with Crippen LogP contribution >= 0.6 is 0 Å². The van der Waals surface area contributed by atoms with Crippen LogP contribution in [0.1, 0.15) is 12.5 Å². The van der Waals surface area contributed by atoms with Crippen molar-refractivity contribution in [1.29, 1.82) is 0 Å². The second kappa shape index (κ2) is 6.10. The Hall–Kier alpha value is -1.46. The smallest absolute Gasteiger partial charge is 0.269 e. The zero-order valence-electron chi connectivity index (χ0n) is 8.51. The van der Waals surface area contributed by atoms with Crippen LogP contribution in [-0.4, -0.2) is 18.3 Å². The van der Waals surface area contributed by atoms with Gasteiger partial charge in [0.2, 0.25) is 0 Å². The van der Waals surface area contributed by atoms with Crippen LogP contribution in [0.2, 0.25) is 0 Å². The van der Waals surface area contributed by atoms with Crippen molar-refractivity contribution in [2.75, 3.05) is 13.4 Å². The van der Waals surface area contributed by atoms with Crippen molar-refractivity contribution >= 4 is 5.69 Å². The summed E-state index contributed by atoms with van der Waals surface area (Å²) in [7, 11) is 0. The van der Waals surface area contributed by atoms with Crippen molar-refractivity contribution in [2.24, 2.45) is 0 Å². The number of nitrogens with zero attached hydrogens (tertiary/aromatic N) is 1. The van der Waals surface area contributed by atoms with E-state index in [1.807, 2.05) is 6.92 Å². The van der Waals surface area contributed by atoms with E-state index in [2.05, 4.69) is 0 Å². The largest absolute Gasteiger partial charge is 0.356 e. The van der Waals surface area contributed by atoms with Gasteiger partial charge in [-0.3, -0.25) is 10.1 Å². The Morgan fingerprint density at radius 3 is 2.87 bits per heavy atom. The third kappa shape index (κ3) is 4.05. The molecule has 15 heavy (non-hydrogen) atoms. The zero-order valence-corrected chi connectivity index (χ0v) is 8.51. The van der Waals surface area contributed by atoms with Gasteiger partial charge in [0.25, 0.3) is 5.69 Å². The average molecular weight is 211 g/mol. The van der Waals surface area contributed by atoms with Gasteiger partial charge in [-0.25, -0.2) is 0 Å². The van der Waals surface area contributed by atoms with E-state index in [0.717, 1.165) is 5.56 Å². The fraction of sp³-hybridized carbons (Fsp3) is 0.400. The number of rotatable bonds is 6. The Balaban J connectivity index is 2.47. The number of nitro groups is 1. The first-order valence-electron chi connectivity index (χ1n) is 4.63. The highest BCUT2D eigenvalue weighted by atomic mass is 16.7. The lowest BCUT2D eigenvalue weighted by atomic mass is 10.2. The highest BCUT2D eigenvalue weighted by Gasteiger charge is 2.04. The molecule has 0 atom stereocenters. The maximum Gasteiger partial charge on any atom is 0.269 e. The monoisotopic (exact) mass is 211 g/mol. The van der Waals surface area contributed by atoms with Gasteiger partial charge in [-0.2, -0.15) is 0 Å². The van der Waals surface area contributed by atoms with Crippen LogP contribution in [0.4, 0.5) is 5.69 Å². The molecule has 82 valence electrons. The molecule has 0 aromatic heterocycles. The molecule has 0 aliphatic rings. The Kier molecular flexibility index (Phi) is 4.73.